The third kappa shape index (κ3) is 6.83. The van der Waals surface area contributed by atoms with Crippen LogP contribution in [0.25, 0.3) is 0 Å². The van der Waals surface area contributed by atoms with Gasteiger partial charge in [0, 0.05) is 25.3 Å². The lowest BCUT2D eigenvalue weighted by atomic mass is 9.79. The van der Waals surface area contributed by atoms with Gasteiger partial charge in [-0.1, -0.05) is 0 Å². The Morgan fingerprint density at radius 3 is 2.39 bits per heavy atom. The summed E-state index contributed by atoms with van der Waals surface area (Å²) in [6, 6.07) is 5.11. The predicted octanol–water partition coefficient (Wildman–Crippen LogP) is 1.48. The Morgan fingerprint density at radius 1 is 1.13 bits per heavy atom. The summed E-state index contributed by atoms with van der Waals surface area (Å²) in [6.45, 7) is 3.97. The number of anilines is 2. The average Bonchev–Trinajstić information content (AvgIpc) is 2.73. The Hall–Kier alpha value is -2.33. The lowest BCUT2D eigenvalue weighted by Gasteiger charge is -2.39. The van der Waals surface area contributed by atoms with Crippen molar-refractivity contribution in [2.75, 3.05) is 48.6 Å². The minimum absolute atomic E-state index is 0.0293. The quantitative estimate of drug-likeness (QED) is 0.470. The van der Waals surface area contributed by atoms with Gasteiger partial charge >= 0.3 is 5.97 Å². The lowest BCUT2D eigenvalue weighted by molar-refractivity contribution is -0.136. The first kappa shape index (κ1) is 23.3. The van der Waals surface area contributed by atoms with E-state index in [-0.39, 0.29) is 24.2 Å². The fourth-order valence-electron chi connectivity index (χ4n) is 4.53. The van der Waals surface area contributed by atoms with Gasteiger partial charge in [-0.25, -0.2) is 8.42 Å². The molecule has 0 radical (unpaired) electrons. The molecule has 9 nitrogen and oxygen atoms in total. The molecule has 10 heteroatoms. The summed E-state index contributed by atoms with van der Waals surface area (Å²) in [5, 5.41) is 14.7. The standard InChI is InChI=1S/C21H32N4O5S/c1-31(29,30)24-19-14-17(2-3-18(19)21(28)23-11-6-20(26)27)25-12-7-16(8-13-25)15-4-9-22-10-5-15/h2-3,14-16,22,24H,4-13H2,1H3,(H,23,28)(H,26,27). The van der Waals surface area contributed by atoms with Crippen LogP contribution in [0.5, 0.6) is 0 Å². The van der Waals surface area contributed by atoms with Crippen LogP contribution in [0.1, 0.15) is 42.5 Å². The molecule has 2 aliphatic rings. The van der Waals surface area contributed by atoms with Crippen molar-refractivity contribution in [2.24, 2.45) is 11.8 Å². The Kier molecular flexibility index (Phi) is 7.77. The summed E-state index contributed by atoms with van der Waals surface area (Å²) in [7, 11) is -3.59. The number of carbonyl (C=O) groups excluding carboxylic acids is 1. The van der Waals surface area contributed by atoms with Crippen LogP contribution in [-0.4, -0.2) is 64.4 Å². The Balaban J connectivity index is 1.70. The molecule has 1 aromatic carbocycles. The lowest BCUT2D eigenvalue weighted by Crippen LogP contribution is -2.39. The summed E-state index contributed by atoms with van der Waals surface area (Å²) < 4.78 is 26.1. The number of nitrogens with zero attached hydrogens (tertiary/aromatic N) is 1. The molecule has 172 valence electrons. The number of nitrogens with one attached hydrogen (secondary N) is 3. The molecule has 0 aliphatic carbocycles. The van der Waals surface area contributed by atoms with Crippen molar-refractivity contribution in [3.05, 3.63) is 23.8 Å². The summed E-state index contributed by atoms with van der Waals surface area (Å²) in [4.78, 5) is 25.4. The zero-order chi connectivity index (χ0) is 22.4. The number of amides is 1. The number of hydrogen-bond acceptors (Lipinski definition) is 6. The van der Waals surface area contributed by atoms with Crippen molar-refractivity contribution >= 4 is 33.3 Å². The third-order valence-corrected chi connectivity index (χ3v) is 6.71. The topological polar surface area (TPSA) is 128 Å². The number of benzene rings is 1. The Labute approximate surface area is 183 Å². The van der Waals surface area contributed by atoms with Crippen molar-refractivity contribution in [1.29, 1.82) is 0 Å². The SMILES string of the molecule is CS(=O)(=O)Nc1cc(N2CCC(C3CCNCC3)CC2)ccc1C(=O)NCCC(=O)O. The van der Waals surface area contributed by atoms with Crippen LogP contribution >= 0.6 is 0 Å². The van der Waals surface area contributed by atoms with Crippen LogP contribution in [0.2, 0.25) is 0 Å². The predicted molar refractivity (Wildman–Crippen MR) is 120 cm³/mol. The van der Waals surface area contributed by atoms with Gasteiger partial charge in [-0.05, 0) is 68.8 Å². The molecule has 2 fully saturated rings. The van der Waals surface area contributed by atoms with E-state index in [0.29, 0.717) is 0 Å². The highest BCUT2D eigenvalue weighted by molar-refractivity contribution is 7.92. The van der Waals surface area contributed by atoms with Gasteiger partial charge in [-0.3, -0.25) is 14.3 Å². The monoisotopic (exact) mass is 452 g/mol. The van der Waals surface area contributed by atoms with E-state index in [1.165, 1.54) is 12.8 Å². The Morgan fingerprint density at radius 2 is 1.77 bits per heavy atom. The van der Waals surface area contributed by atoms with Crippen molar-refractivity contribution in [1.82, 2.24) is 10.6 Å². The van der Waals surface area contributed by atoms with E-state index in [1.807, 2.05) is 6.07 Å². The van der Waals surface area contributed by atoms with Crippen LogP contribution < -0.4 is 20.3 Å². The fraction of sp³-hybridized carbons (Fsp3) is 0.619. The van der Waals surface area contributed by atoms with Crippen molar-refractivity contribution < 1.29 is 23.1 Å². The van der Waals surface area contributed by atoms with E-state index in [1.54, 1.807) is 12.1 Å². The fourth-order valence-corrected chi connectivity index (χ4v) is 5.10. The normalized spacial score (nSPS) is 18.5. The van der Waals surface area contributed by atoms with Crippen molar-refractivity contribution in [3.63, 3.8) is 0 Å². The molecule has 2 heterocycles. The van der Waals surface area contributed by atoms with Gasteiger partial charge in [0.2, 0.25) is 10.0 Å². The molecule has 1 aromatic rings. The van der Waals surface area contributed by atoms with Crippen molar-refractivity contribution in [3.8, 4) is 0 Å². The summed E-state index contributed by atoms with van der Waals surface area (Å²) in [5.74, 6) is -0.0180. The van der Waals surface area contributed by atoms with E-state index < -0.39 is 21.9 Å². The summed E-state index contributed by atoms with van der Waals surface area (Å²) in [6.07, 6.45) is 5.52. The second-order valence-electron chi connectivity index (χ2n) is 8.42. The Bertz CT molecular complexity index is 891. The van der Waals surface area contributed by atoms with Gasteiger partial charge in [0.25, 0.3) is 5.91 Å². The van der Waals surface area contributed by atoms with E-state index in [2.05, 4.69) is 20.3 Å². The maximum absolute atomic E-state index is 12.5. The molecular weight excluding hydrogens is 420 g/mol. The average molecular weight is 453 g/mol. The zero-order valence-electron chi connectivity index (χ0n) is 17.9. The van der Waals surface area contributed by atoms with Gasteiger partial charge in [-0.2, -0.15) is 0 Å². The zero-order valence-corrected chi connectivity index (χ0v) is 18.7. The van der Waals surface area contributed by atoms with Gasteiger partial charge in [0.15, 0.2) is 0 Å². The van der Waals surface area contributed by atoms with Crippen LogP contribution in [-0.2, 0) is 14.8 Å². The molecule has 2 aliphatic heterocycles. The maximum Gasteiger partial charge on any atom is 0.305 e. The van der Waals surface area contributed by atoms with Crippen LogP contribution in [0.3, 0.4) is 0 Å². The van der Waals surface area contributed by atoms with Gasteiger partial charge in [0.1, 0.15) is 0 Å². The number of hydrogen-bond donors (Lipinski definition) is 4. The first-order valence-electron chi connectivity index (χ1n) is 10.8. The van der Waals surface area contributed by atoms with Crippen LogP contribution in [0.4, 0.5) is 11.4 Å². The molecule has 0 bridgehead atoms. The van der Waals surface area contributed by atoms with Gasteiger partial charge in [-0.15, -0.1) is 0 Å². The minimum atomic E-state index is -3.59. The van der Waals surface area contributed by atoms with E-state index in [0.717, 1.165) is 62.8 Å². The van der Waals surface area contributed by atoms with E-state index in [4.69, 9.17) is 5.11 Å². The highest BCUT2D eigenvalue weighted by Gasteiger charge is 2.28. The molecule has 31 heavy (non-hydrogen) atoms. The van der Waals surface area contributed by atoms with Gasteiger partial charge < -0.3 is 20.6 Å². The maximum atomic E-state index is 12.5. The largest absolute Gasteiger partial charge is 0.481 e. The molecule has 4 N–H and O–H groups in total. The smallest absolute Gasteiger partial charge is 0.305 e. The first-order chi connectivity index (χ1) is 14.7. The molecule has 1 amide bonds. The summed E-state index contributed by atoms with van der Waals surface area (Å²) >= 11 is 0. The first-order valence-corrected chi connectivity index (χ1v) is 12.7. The molecule has 0 saturated carbocycles. The van der Waals surface area contributed by atoms with Crippen LogP contribution in [0.15, 0.2) is 18.2 Å². The van der Waals surface area contributed by atoms with Crippen molar-refractivity contribution in [2.45, 2.75) is 32.1 Å². The van der Waals surface area contributed by atoms with Gasteiger partial charge in [0.05, 0.1) is 23.9 Å². The number of rotatable bonds is 8. The molecule has 3 rings (SSSR count). The number of sulfonamides is 1. The molecule has 0 unspecified atom stereocenters. The highest BCUT2D eigenvalue weighted by Crippen LogP contribution is 2.33. The molecule has 0 atom stereocenters. The number of carboxylic acids is 1. The second-order valence-corrected chi connectivity index (χ2v) is 10.2. The number of carboxylic acid groups (broad SMARTS) is 1. The molecular formula is C21H32N4O5S. The molecule has 0 spiro atoms. The third-order valence-electron chi connectivity index (χ3n) is 6.12. The van der Waals surface area contributed by atoms with E-state index >= 15 is 0 Å². The second kappa shape index (κ2) is 10.3. The number of carbonyl (C=O) groups is 2. The minimum Gasteiger partial charge on any atom is -0.481 e. The number of aliphatic carboxylic acids is 1. The molecule has 0 aromatic heterocycles. The highest BCUT2D eigenvalue weighted by atomic mass is 32.2. The number of piperidine rings is 2. The summed E-state index contributed by atoms with van der Waals surface area (Å²) in [5.41, 5.74) is 1.24. The molecule has 2 saturated heterocycles. The van der Waals surface area contributed by atoms with E-state index in [9.17, 15) is 18.0 Å². The van der Waals surface area contributed by atoms with Crippen LogP contribution in [0, 0.1) is 11.8 Å².